The predicted molar refractivity (Wildman–Crippen MR) is 98.5 cm³/mol. The van der Waals surface area contributed by atoms with E-state index in [2.05, 4.69) is 10.4 Å². The highest BCUT2D eigenvalue weighted by atomic mass is 32.2. The van der Waals surface area contributed by atoms with Crippen molar-refractivity contribution in [2.24, 2.45) is 0 Å². The van der Waals surface area contributed by atoms with E-state index in [0.717, 1.165) is 0 Å². The van der Waals surface area contributed by atoms with Crippen LogP contribution in [0, 0.1) is 6.92 Å². The molecule has 1 saturated heterocycles. The maximum absolute atomic E-state index is 12.2. The number of nitrogens with zero attached hydrogens (tertiary/aromatic N) is 3. The number of carboxylic acids is 1. The second-order valence-electron chi connectivity index (χ2n) is 6.28. The Bertz CT molecular complexity index is 983. The SMILES string of the molecule is Cc1c(C(=O)O)cnn1-c1cccc(NC(=O)CCN2CCCS2(=O)=O)c1. The zero-order chi connectivity index (χ0) is 19.6. The van der Waals surface area contributed by atoms with Gasteiger partial charge in [0.2, 0.25) is 15.9 Å². The number of carbonyl (C=O) groups excluding carboxylic acids is 1. The summed E-state index contributed by atoms with van der Waals surface area (Å²) in [5.74, 6) is -1.21. The highest BCUT2D eigenvalue weighted by Crippen LogP contribution is 2.19. The Balaban J connectivity index is 1.67. The summed E-state index contributed by atoms with van der Waals surface area (Å²) in [6.45, 7) is 2.27. The van der Waals surface area contributed by atoms with Crippen LogP contribution in [0.4, 0.5) is 5.69 Å². The number of sulfonamides is 1. The van der Waals surface area contributed by atoms with E-state index in [1.165, 1.54) is 15.2 Å². The van der Waals surface area contributed by atoms with Gasteiger partial charge in [0.05, 0.1) is 23.3 Å². The molecule has 2 aromatic rings. The fourth-order valence-electron chi connectivity index (χ4n) is 2.99. The number of aromatic carboxylic acids is 1. The first-order valence-corrected chi connectivity index (χ1v) is 10.0. The molecule has 0 spiro atoms. The summed E-state index contributed by atoms with van der Waals surface area (Å²) in [4.78, 5) is 23.3. The first-order valence-electron chi connectivity index (χ1n) is 8.44. The van der Waals surface area contributed by atoms with Crippen LogP contribution in [0.5, 0.6) is 0 Å². The van der Waals surface area contributed by atoms with Crippen molar-refractivity contribution >= 4 is 27.6 Å². The summed E-state index contributed by atoms with van der Waals surface area (Å²) in [6.07, 6.45) is 1.93. The third-order valence-electron chi connectivity index (χ3n) is 4.41. The van der Waals surface area contributed by atoms with Crippen LogP contribution in [0.3, 0.4) is 0 Å². The molecule has 0 atom stereocenters. The van der Waals surface area contributed by atoms with E-state index in [1.54, 1.807) is 31.2 Å². The maximum Gasteiger partial charge on any atom is 0.339 e. The molecule has 0 saturated carbocycles. The minimum Gasteiger partial charge on any atom is -0.478 e. The molecule has 10 heteroatoms. The van der Waals surface area contributed by atoms with Gasteiger partial charge in [0, 0.05) is 25.2 Å². The zero-order valence-electron chi connectivity index (χ0n) is 14.8. The van der Waals surface area contributed by atoms with E-state index < -0.39 is 16.0 Å². The van der Waals surface area contributed by atoms with Gasteiger partial charge in [0.15, 0.2) is 0 Å². The number of hydrogen-bond acceptors (Lipinski definition) is 5. The number of hydrogen-bond donors (Lipinski definition) is 2. The first kappa shape index (κ1) is 19.1. The predicted octanol–water partition coefficient (Wildman–Crippen LogP) is 1.24. The van der Waals surface area contributed by atoms with Gasteiger partial charge in [-0.05, 0) is 31.5 Å². The van der Waals surface area contributed by atoms with Gasteiger partial charge in [0.25, 0.3) is 0 Å². The molecule has 9 nitrogen and oxygen atoms in total. The summed E-state index contributed by atoms with van der Waals surface area (Å²) in [6, 6.07) is 6.84. The number of amides is 1. The van der Waals surface area contributed by atoms with Gasteiger partial charge in [-0.25, -0.2) is 22.2 Å². The molecule has 1 aromatic carbocycles. The molecule has 1 aliphatic rings. The Morgan fingerprint density at radius 1 is 1.33 bits per heavy atom. The highest BCUT2D eigenvalue weighted by Gasteiger charge is 2.28. The number of rotatable bonds is 6. The van der Waals surface area contributed by atoms with Gasteiger partial charge in [-0.1, -0.05) is 6.07 Å². The molecular weight excluding hydrogens is 372 g/mol. The molecule has 1 amide bonds. The largest absolute Gasteiger partial charge is 0.478 e. The van der Waals surface area contributed by atoms with E-state index in [-0.39, 0.29) is 30.2 Å². The monoisotopic (exact) mass is 392 g/mol. The molecule has 0 unspecified atom stereocenters. The summed E-state index contributed by atoms with van der Waals surface area (Å²) in [5.41, 5.74) is 1.72. The summed E-state index contributed by atoms with van der Waals surface area (Å²) >= 11 is 0. The number of carboxylic acid groups (broad SMARTS) is 1. The van der Waals surface area contributed by atoms with Crippen molar-refractivity contribution in [1.29, 1.82) is 0 Å². The third-order valence-corrected chi connectivity index (χ3v) is 6.36. The number of anilines is 1. The lowest BCUT2D eigenvalue weighted by Gasteiger charge is -2.14. The molecule has 2 heterocycles. The number of benzene rings is 1. The Morgan fingerprint density at radius 3 is 2.74 bits per heavy atom. The number of carbonyl (C=O) groups is 2. The van der Waals surface area contributed by atoms with Crippen LogP contribution < -0.4 is 5.32 Å². The molecule has 1 aromatic heterocycles. The zero-order valence-corrected chi connectivity index (χ0v) is 15.6. The average molecular weight is 392 g/mol. The number of nitrogens with one attached hydrogen (secondary N) is 1. The van der Waals surface area contributed by atoms with Crippen LogP contribution in [0.15, 0.2) is 30.5 Å². The molecule has 1 aliphatic heterocycles. The molecule has 144 valence electrons. The van der Waals surface area contributed by atoms with E-state index in [0.29, 0.717) is 30.0 Å². The molecule has 0 radical (unpaired) electrons. The standard InChI is InChI=1S/C17H20N4O5S/c1-12-15(17(23)24)11-18-21(12)14-5-2-4-13(10-14)19-16(22)6-8-20-7-3-9-27(20,25)26/h2,4-5,10-11H,3,6-9H2,1H3,(H,19,22)(H,23,24). The minimum absolute atomic E-state index is 0.0629. The van der Waals surface area contributed by atoms with Gasteiger partial charge in [-0.3, -0.25) is 4.79 Å². The Morgan fingerprint density at radius 2 is 2.11 bits per heavy atom. The first-order chi connectivity index (χ1) is 12.8. The third kappa shape index (κ3) is 4.17. The summed E-state index contributed by atoms with van der Waals surface area (Å²) < 4.78 is 26.3. The van der Waals surface area contributed by atoms with Crippen molar-refractivity contribution in [2.45, 2.75) is 19.8 Å². The minimum atomic E-state index is -3.21. The van der Waals surface area contributed by atoms with Gasteiger partial charge in [-0.2, -0.15) is 5.10 Å². The van der Waals surface area contributed by atoms with Gasteiger partial charge in [0.1, 0.15) is 5.56 Å². The van der Waals surface area contributed by atoms with Crippen LogP contribution in [-0.4, -0.2) is 58.3 Å². The average Bonchev–Trinajstić information content (AvgIpc) is 3.15. The summed E-state index contributed by atoms with van der Waals surface area (Å²) in [7, 11) is -3.21. The fourth-order valence-corrected chi connectivity index (χ4v) is 4.52. The Hall–Kier alpha value is -2.72. The van der Waals surface area contributed by atoms with Gasteiger partial charge < -0.3 is 10.4 Å². The molecule has 27 heavy (non-hydrogen) atoms. The van der Waals surface area contributed by atoms with Crippen molar-refractivity contribution < 1.29 is 23.1 Å². The van der Waals surface area contributed by atoms with Crippen molar-refractivity contribution in [3.8, 4) is 5.69 Å². The Kier molecular flexibility index (Phi) is 5.29. The smallest absolute Gasteiger partial charge is 0.339 e. The van der Waals surface area contributed by atoms with Crippen LogP contribution in [0.1, 0.15) is 28.9 Å². The normalized spacial score (nSPS) is 16.3. The lowest BCUT2D eigenvalue weighted by molar-refractivity contribution is -0.116. The van der Waals surface area contributed by atoms with Crippen molar-refractivity contribution in [1.82, 2.24) is 14.1 Å². The second kappa shape index (κ2) is 7.49. The van der Waals surface area contributed by atoms with E-state index >= 15 is 0 Å². The quantitative estimate of drug-likeness (QED) is 0.763. The Labute approximate surface area is 156 Å². The van der Waals surface area contributed by atoms with Crippen molar-refractivity contribution in [3.05, 3.63) is 41.7 Å². The molecule has 0 aliphatic carbocycles. The topological polar surface area (TPSA) is 122 Å². The van der Waals surface area contributed by atoms with E-state index in [9.17, 15) is 18.0 Å². The maximum atomic E-state index is 12.2. The van der Waals surface area contributed by atoms with Crippen molar-refractivity contribution in [2.75, 3.05) is 24.2 Å². The van der Waals surface area contributed by atoms with Crippen LogP contribution in [0.2, 0.25) is 0 Å². The lowest BCUT2D eigenvalue weighted by atomic mass is 10.2. The number of aromatic nitrogens is 2. The lowest BCUT2D eigenvalue weighted by Crippen LogP contribution is -2.29. The van der Waals surface area contributed by atoms with E-state index in [1.807, 2.05) is 0 Å². The van der Waals surface area contributed by atoms with Crippen LogP contribution >= 0.6 is 0 Å². The van der Waals surface area contributed by atoms with Crippen molar-refractivity contribution in [3.63, 3.8) is 0 Å². The van der Waals surface area contributed by atoms with Gasteiger partial charge >= 0.3 is 5.97 Å². The van der Waals surface area contributed by atoms with E-state index in [4.69, 9.17) is 5.11 Å². The molecule has 0 bridgehead atoms. The van der Waals surface area contributed by atoms with Crippen LogP contribution in [-0.2, 0) is 14.8 Å². The highest BCUT2D eigenvalue weighted by molar-refractivity contribution is 7.89. The van der Waals surface area contributed by atoms with Crippen LogP contribution in [0.25, 0.3) is 5.69 Å². The molecular formula is C17H20N4O5S. The summed E-state index contributed by atoms with van der Waals surface area (Å²) in [5, 5.41) is 15.9. The molecule has 2 N–H and O–H groups in total. The fraction of sp³-hybridized carbons (Fsp3) is 0.353. The molecule has 3 rings (SSSR count). The second-order valence-corrected chi connectivity index (χ2v) is 8.37. The van der Waals surface area contributed by atoms with Gasteiger partial charge in [-0.15, -0.1) is 0 Å². The molecule has 1 fully saturated rings.